The normalized spacial score (nSPS) is 11.3. The van der Waals surface area contributed by atoms with Crippen LogP contribution in [-0.4, -0.2) is 48.7 Å². The number of aromatic nitrogens is 4. The molecular formula is C28H35N7O. The molecule has 4 rings (SSSR count). The van der Waals surface area contributed by atoms with Gasteiger partial charge in [-0.25, -0.2) is 9.97 Å². The topological polar surface area (TPSA) is 92.9 Å². The monoisotopic (exact) mass is 485 g/mol. The van der Waals surface area contributed by atoms with E-state index in [0.29, 0.717) is 25.2 Å². The van der Waals surface area contributed by atoms with Crippen LogP contribution in [0.2, 0.25) is 0 Å². The number of H-pyrrole nitrogens is 2. The second-order valence-corrected chi connectivity index (χ2v) is 8.94. The Balaban J connectivity index is 1.38. The fourth-order valence-electron chi connectivity index (χ4n) is 4.25. The maximum Gasteiger partial charge on any atom is 0.255 e. The highest BCUT2D eigenvalue weighted by Crippen LogP contribution is 2.16. The molecule has 0 bridgehead atoms. The van der Waals surface area contributed by atoms with Crippen LogP contribution in [0.3, 0.4) is 0 Å². The molecule has 36 heavy (non-hydrogen) atoms. The van der Waals surface area contributed by atoms with Gasteiger partial charge in [0.15, 0.2) is 0 Å². The van der Waals surface area contributed by atoms with E-state index in [9.17, 15) is 4.79 Å². The van der Waals surface area contributed by atoms with Crippen LogP contribution in [0.5, 0.6) is 0 Å². The zero-order chi connectivity index (χ0) is 25.2. The molecule has 8 heteroatoms. The third kappa shape index (κ3) is 7.37. The van der Waals surface area contributed by atoms with Crippen LogP contribution in [0.15, 0.2) is 73.3 Å². The van der Waals surface area contributed by atoms with Gasteiger partial charge in [-0.05, 0) is 54.9 Å². The highest BCUT2D eigenvalue weighted by molar-refractivity contribution is 6.04. The van der Waals surface area contributed by atoms with Gasteiger partial charge in [-0.1, -0.05) is 38.1 Å². The van der Waals surface area contributed by atoms with Crippen molar-refractivity contribution in [3.05, 3.63) is 102 Å². The summed E-state index contributed by atoms with van der Waals surface area (Å²) in [6.45, 7) is 9.38. The number of hydrogen-bond acceptors (Lipinski definition) is 5. The lowest BCUT2D eigenvalue weighted by atomic mass is 10.1. The SMILES string of the molecule is CCCN(CC)Cc1cccc(NC(=O)c2ccc(CN(Cc3ncc[nH]3)Cc3ncc[nH]3)cc2)c1. The van der Waals surface area contributed by atoms with E-state index in [2.05, 4.69) is 61.0 Å². The summed E-state index contributed by atoms with van der Waals surface area (Å²) in [5, 5.41) is 3.05. The van der Waals surface area contributed by atoms with Gasteiger partial charge in [0.1, 0.15) is 11.6 Å². The number of aromatic amines is 2. The van der Waals surface area contributed by atoms with Crippen molar-refractivity contribution in [1.29, 1.82) is 0 Å². The van der Waals surface area contributed by atoms with Crippen LogP contribution in [0.25, 0.3) is 0 Å². The molecule has 8 nitrogen and oxygen atoms in total. The van der Waals surface area contributed by atoms with E-state index in [4.69, 9.17) is 0 Å². The van der Waals surface area contributed by atoms with E-state index in [1.807, 2.05) is 48.8 Å². The van der Waals surface area contributed by atoms with Gasteiger partial charge < -0.3 is 15.3 Å². The highest BCUT2D eigenvalue weighted by Gasteiger charge is 2.13. The Labute approximate surface area is 212 Å². The Bertz CT molecular complexity index is 1150. The molecule has 0 unspecified atom stereocenters. The molecule has 0 saturated heterocycles. The summed E-state index contributed by atoms with van der Waals surface area (Å²) in [6, 6.07) is 15.9. The molecule has 4 aromatic rings. The predicted octanol–water partition coefficient (Wildman–Crippen LogP) is 4.82. The van der Waals surface area contributed by atoms with Gasteiger partial charge >= 0.3 is 0 Å². The first kappa shape index (κ1) is 25.3. The molecular weight excluding hydrogens is 450 g/mol. The van der Waals surface area contributed by atoms with Crippen molar-refractivity contribution in [2.45, 2.75) is 46.4 Å². The number of nitrogens with one attached hydrogen (secondary N) is 3. The van der Waals surface area contributed by atoms with E-state index >= 15 is 0 Å². The van der Waals surface area contributed by atoms with Crippen LogP contribution >= 0.6 is 0 Å². The first-order chi connectivity index (χ1) is 17.6. The minimum Gasteiger partial charge on any atom is -0.348 e. The Morgan fingerprint density at radius 2 is 1.50 bits per heavy atom. The van der Waals surface area contributed by atoms with Crippen molar-refractivity contribution in [2.24, 2.45) is 0 Å². The molecule has 0 spiro atoms. The van der Waals surface area contributed by atoms with E-state index in [1.165, 1.54) is 5.56 Å². The van der Waals surface area contributed by atoms with Gasteiger partial charge in [0.25, 0.3) is 5.91 Å². The Hall–Kier alpha value is -3.75. The molecule has 0 aliphatic carbocycles. The van der Waals surface area contributed by atoms with E-state index in [1.54, 1.807) is 12.4 Å². The molecule has 0 fully saturated rings. The van der Waals surface area contributed by atoms with Gasteiger partial charge in [-0.2, -0.15) is 0 Å². The number of amides is 1. The van der Waals surface area contributed by atoms with Crippen LogP contribution in [0.4, 0.5) is 5.69 Å². The third-order valence-electron chi connectivity index (χ3n) is 6.06. The van der Waals surface area contributed by atoms with Crippen molar-refractivity contribution in [1.82, 2.24) is 29.7 Å². The van der Waals surface area contributed by atoms with Crippen molar-refractivity contribution in [3.63, 3.8) is 0 Å². The number of nitrogens with zero attached hydrogens (tertiary/aromatic N) is 4. The number of rotatable bonds is 13. The minimum absolute atomic E-state index is 0.109. The summed E-state index contributed by atoms with van der Waals surface area (Å²) in [6.07, 6.45) is 8.30. The second-order valence-electron chi connectivity index (χ2n) is 8.94. The summed E-state index contributed by atoms with van der Waals surface area (Å²) in [4.78, 5) is 32.6. The maximum atomic E-state index is 12.9. The largest absolute Gasteiger partial charge is 0.348 e. The first-order valence-corrected chi connectivity index (χ1v) is 12.5. The van der Waals surface area contributed by atoms with Gasteiger partial charge in [0.05, 0.1) is 13.1 Å². The lowest BCUT2D eigenvalue weighted by Gasteiger charge is -2.20. The zero-order valence-electron chi connectivity index (χ0n) is 21.1. The summed E-state index contributed by atoms with van der Waals surface area (Å²) in [5.41, 5.74) is 3.76. The third-order valence-corrected chi connectivity index (χ3v) is 6.06. The number of carbonyl (C=O) groups excluding carboxylic acids is 1. The molecule has 1 amide bonds. The molecule has 2 aromatic heterocycles. The molecule has 188 valence electrons. The molecule has 0 aliphatic heterocycles. The molecule has 3 N–H and O–H groups in total. The minimum atomic E-state index is -0.109. The molecule has 0 aliphatic rings. The molecule has 2 heterocycles. The number of hydrogen-bond donors (Lipinski definition) is 3. The summed E-state index contributed by atoms with van der Waals surface area (Å²) in [5.74, 6) is 1.69. The van der Waals surface area contributed by atoms with E-state index in [-0.39, 0.29) is 5.91 Å². The lowest BCUT2D eigenvalue weighted by molar-refractivity contribution is 0.102. The van der Waals surface area contributed by atoms with Gasteiger partial charge in [0, 0.05) is 49.1 Å². The smallest absolute Gasteiger partial charge is 0.255 e. The fourth-order valence-corrected chi connectivity index (χ4v) is 4.25. The van der Waals surface area contributed by atoms with Crippen molar-refractivity contribution in [3.8, 4) is 0 Å². The molecule has 2 aromatic carbocycles. The average Bonchev–Trinajstić information content (AvgIpc) is 3.59. The van der Waals surface area contributed by atoms with Gasteiger partial charge in [-0.15, -0.1) is 0 Å². The predicted molar refractivity (Wildman–Crippen MR) is 142 cm³/mol. The van der Waals surface area contributed by atoms with Gasteiger partial charge in [0.2, 0.25) is 0 Å². The molecule has 0 atom stereocenters. The number of imidazole rings is 2. The Kier molecular flexibility index (Phi) is 9.02. The van der Waals surface area contributed by atoms with Gasteiger partial charge in [-0.3, -0.25) is 14.6 Å². The van der Waals surface area contributed by atoms with Crippen molar-refractivity contribution in [2.75, 3.05) is 18.4 Å². The quantitative estimate of drug-likeness (QED) is 0.252. The van der Waals surface area contributed by atoms with E-state index in [0.717, 1.165) is 49.0 Å². The summed E-state index contributed by atoms with van der Waals surface area (Å²) < 4.78 is 0. The number of benzene rings is 2. The number of anilines is 1. The zero-order valence-corrected chi connectivity index (χ0v) is 21.1. The molecule has 0 radical (unpaired) electrons. The van der Waals surface area contributed by atoms with Crippen LogP contribution in [-0.2, 0) is 26.2 Å². The van der Waals surface area contributed by atoms with Crippen LogP contribution in [0, 0.1) is 0 Å². The van der Waals surface area contributed by atoms with Crippen molar-refractivity contribution >= 4 is 11.6 Å². The summed E-state index contributed by atoms with van der Waals surface area (Å²) >= 11 is 0. The van der Waals surface area contributed by atoms with Crippen LogP contribution < -0.4 is 5.32 Å². The lowest BCUT2D eigenvalue weighted by Crippen LogP contribution is -2.24. The second kappa shape index (κ2) is 12.8. The maximum absolute atomic E-state index is 12.9. The van der Waals surface area contributed by atoms with Crippen LogP contribution in [0.1, 0.15) is 53.4 Å². The van der Waals surface area contributed by atoms with Crippen molar-refractivity contribution < 1.29 is 4.79 Å². The Morgan fingerprint density at radius 3 is 2.08 bits per heavy atom. The standard InChI is InChI=1S/C28H35N7O/c1-3-16-34(4-2)19-23-6-5-7-25(17-23)33-28(36)24-10-8-22(9-11-24)18-35(20-26-29-12-13-30-26)21-27-31-14-15-32-27/h5-15,17H,3-4,16,18-21H2,1-2H3,(H,29,30)(H,31,32)(H,33,36). The number of carbonyl (C=O) groups is 1. The Morgan fingerprint density at radius 1 is 0.833 bits per heavy atom. The van der Waals surface area contributed by atoms with E-state index < -0.39 is 0 Å². The fraction of sp³-hybridized carbons (Fsp3) is 0.321. The highest BCUT2D eigenvalue weighted by atomic mass is 16.1. The first-order valence-electron chi connectivity index (χ1n) is 12.5. The summed E-state index contributed by atoms with van der Waals surface area (Å²) in [7, 11) is 0. The molecule has 0 saturated carbocycles. The average molecular weight is 486 g/mol.